The van der Waals surface area contributed by atoms with Crippen molar-refractivity contribution in [2.75, 3.05) is 25.6 Å². The lowest BCUT2D eigenvalue weighted by atomic mass is 9.99. The standard InChI is InChI=1S/C25H37N5O5/c1-6-8-9-17(7-2)14-26-24-27-22-21(23(32)29(4)25(33)28(22)3)30(24)15-18(31)16-35-20-12-10-19(34-5)11-13-20/h10-13,17-18,31H,6-9,14-16H2,1-5H3,(H,26,27)/t17-,18-/m1/s1. The van der Waals surface area contributed by atoms with E-state index in [2.05, 4.69) is 24.1 Å². The van der Waals surface area contributed by atoms with Gasteiger partial charge in [-0.2, -0.15) is 4.98 Å². The number of ether oxygens (including phenoxy) is 2. The Morgan fingerprint density at radius 2 is 1.77 bits per heavy atom. The number of aryl methyl sites for hydroxylation is 1. The molecule has 3 aromatic rings. The molecule has 0 radical (unpaired) electrons. The highest BCUT2D eigenvalue weighted by molar-refractivity contribution is 5.74. The quantitative estimate of drug-likeness (QED) is 0.381. The second-order valence-corrected chi connectivity index (χ2v) is 8.86. The molecule has 10 heteroatoms. The van der Waals surface area contributed by atoms with E-state index in [-0.39, 0.29) is 24.3 Å². The van der Waals surface area contributed by atoms with Crippen LogP contribution in [-0.2, 0) is 20.6 Å². The van der Waals surface area contributed by atoms with Gasteiger partial charge in [-0.25, -0.2) is 4.79 Å². The lowest BCUT2D eigenvalue weighted by molar-refractivity contribution is 0.0938. The molecule has 0 spiro atoms. The minimum absolute atomic E-state index is 0.0195. The summed E-state index contributed by atoms with van der Waals surface area (Å²) in [7, 11) is 4.62. The molecule has 0 fully saturated rings. The van der Waals surface area contributed by atoms with E-state index in [0.717, 1.165) is 30.3 Å². The third kappa shape index (κ3) is 6.05. The number of benzene rings is 1. The van der Waals surface area contributed by atoms with Gasteiger partial charge in [-0.1, -0.05) is 33.1 Å². The molecule has 2 heterocycles. The molecule has 192 valence electrons. The van der Waals surface area contributed by atoms with Crippen molar-refractivity contribution in [1.82, 2.24) is 18.7 Å². The molecule has 0 bridgehead atoms. The Bertz CT molecular complexity index is 1230. The van der Waals surface area contributed by atoms with Crippen molar-refractivity contribution < 1.29 is 14.6 Å². The number of hydrogen-bond acceptors (Lipinski definition) is 7. The number of aliphatic hydroxyl groups excluding tert-OH is 1. The van der Waals surface area contributed by atoms with Gasteiger partial charge in [0.1, 0.15) is 24.2 Å². The first-order valence-corrected chi connectivity index (χ1v) is 12.2. The maximum absolute atomic E-state index is 13.0. The second kappa shape index (κ2) is 11.9. The van der Waals surface area contributed by atoms with Gasteiger partial charge < -0.3 is 24.5 Å². The minimum Gasteiger partial charge on any atom is -0.497 e. The molecular weight excluding hydrogens is 450 g/mol. The number of unbranched alkanes of at least 4 members (excludes halogenated alkanes) is 1. The van der Waals surface area contributed by atoms with Crippen LogP contribution in [0.15, 0.2) is 33.9 Å². The number of rotatable bonds is 13. The molecule has 0 saturated heterocycles. The molecule has 10 nitrogen and oxygen atoms in total. The summed E-state index contributed by atoms with van der Waals surface area (Å²) in [4.78, 5) is 30.1. The predicted molar refractivity (Wildman–Crippen MR) is 137 cm³/mol. The molecule has 0 saturated carbocycles. The third-order valence-electron chi connectivity index (χ3n) is 6.34. The largest absolute Gasteiger partial charge is 0.497 e. The molecule has 0 aliphatic rings. The lowest BCUT2D eigenvalue weighted by Crippen LogP contribution is -2.38. The summed E-state index contributed by atoms with van der Waals surface area (Å²) in [5, 5.41) is 14.2. The SMILES string of the molecule is CCCC[C@@H](CC)CNc1nc2c(c(=O)n(C)c(=O)n2C)n1C[C@@H](O)COc1ccc(OC)cc1. The monoisotopic (exact) mass is 487 g/mol. The van der Waals surface area contributed by atoms with Crippen LogP contribution in [0.25, 0.3) is 11.2 Å². The van der Waals surface area contributed by atoms with Crippen molar-refractivity contribution in [1.29, 1.82) is 0 Å². The van der Waals surface area contributed by atoms with Crippen molar-refractivity contribution in [2.24, 2.45) is 20.0 Å². The molecule has 0 aliphatic carbocycles. The molecule has 2 aromatic heterocycles. The van der Waals surface area contributed by atoms with Crippen LogP contribution in [0.2, 0.25) is 0 Å². The van der Waals surface area contributed by atoms with E-state index in [4.69, 9.17) is 9.47 Å². The van der Waals surface area contributed by atoms with E-state index in [1.165, 1.54) is 11.6 Å². The van der Waals surface area contributed by atoms with Gasteiger partial charge in [-0.3, -0.25) is 13.9 Å². The van der Waals surface area contributed by atoms with Crippen molar-refractivity contribution in [2.45, 2.75) is 52.2 Å². The van der Waals surface area contributed by atoms with Gasteiger partial charge in [0.2, 0.25) is 5.95 Å². The van der Waals surface area contributed by atoms with Gasteiger partial charge in [0, 0.05) is 20.6 Å². The Hall–Kier alpha value is -3.27. The van der Waals surface area contributed by atoms with E-state index in [0.29, 0.717) is 29.9 Å². The van der Waals surface area contributed by atoms with Crippen molar-refractivity contribution in [3.63, 3.8) is 0 Å². The van der Waals surface area contributed by atoms with Crippen LogP contribution in [0.1, 0.15) is 39.5 Å². The molecule has 0 aliphatic heterocycles. The Labute approximate surface area is 205 Å². The summed E-state index contributed by atoms with van der Waals surface area (Å²) in [6.45, 7) is 5.11. The maximum atomic E-state index is 13.0. The second-order valence-electron chi connectivity index (χ2n) is 8.86. The number of nitrogens with one attached hydrogen (secondary N) is 1. The van der Waals surface area contributed by atoms with E-state index in [1.807, 2.05) is 0 Å². The number of hydrogen-bond donors (Lipinski definition) is 2. The topological polar surface area (TPSA) is 113 Å². The van der Waals surface area contributed by atoms with Crippen LogP contribution >= 0.6 is 0 Å². The number of methoxy groups -OCH3 is 1. The highest BCUT2D eigenvalue weighted by Gasteiger charge is 2.22. The smallest absolute Gasteiger partial charge is 0.332 e. The van der Waals surface area contributed by atoms with Gasteiger partial charge in [0.05, 0.1) is 13.7 Å². The van der Waals surface area contributed by atoms with Crippen LogP contribution in [-0.4, -0.2) is 50.2 Å². The molecule has 0 amide bonds. The highest BCUT2D eigenvalue weighted by Crippen LogP contribution is 2.20. The zero-order valence-corrected chi connectivity index (χ0v) is 21.3. The minimum atomic E-state index is -0.918. The van der Waals surface area contributed by atoms with Gasteiger partial charge >= 0.3 is 5.69 Å². The van der Waals surface area contributed by atoms with Gasteiger partial charge in [-0.05, 0) is 36.6 Å². The zero-order chi connectivity index (χ0) is 25.5. The Morgan fingerprint density at radius 3 is 2.40 bits per heavy atom. The molecule has 1 aromatic carbocycles. The Kier molecular flexibility index (Phi) is 8.97. The summed E-state index contributed by atoms with van der Waals surface area (Å²) in [6, 6.07) is 7.08. The molecule has 3 rings (SSSR count). The van der Waals surface area contributed by atoms with E-state index in [1.54, 1.807) is 43.0 Å². The van der Waals surface area contributed by atoms with Crippen LogP contribution in [0.3, 0.4) is 0 Å². The van der Waals surface area contributed by atoms with E-state index in [9.17, 15) is 14.7 Å². The van der Waals surface area contributed by atoms with Crippen LogP contribution in [0.5, 0.6) is 11.5 Å². The maximum Gasteiger partial charge on any atom is 0.332 e. The molecule has 2 N–H and O–H groups in total. The average molecular weight is 488 g/mol. The highest BCUT2D eigenvalue weighted by atomic mass is 16.5. The summed E-state index contributed by atoms with van der Waals surface area (Å²) < 4.78 is 14.9. The number of nitrogens with zero attached hydrogens (tertiary/aromatic N) is 4. The molecular formula is C25H37N5O5. The number of aromatic nitrogens is 4. The summed E-state index contributed by atoms with van der Waals surface area (Å²) >= 11 is 0. The number of anilines is 1. The Balaban J connectivity index is 1.87. The summed E-state index contributed by atoms with van der Waals surface area (Å²) in [5.74, 6) is 2.22. The normalized spacial score (nSPS) is 13.1. The zero-order valence-electron chi connectivity index (χ0n) is 21.3. The fourth-order valence-electron chi connectivity index (χ4n) is 4.07. The number of aliphatic hydroxyl groups is 1. The van der Waals surface area contributed by atoms with Gasteiger partial charge in [-0.15, -0.1) is 0 Å². The molecule has 35 heavy (non-hydrogen) atoms. The number of fused-ring (bicyclic) bond motifs is 1. The van der Waals surface area contributed by atoms with Gasteiger partial charge in [0.15, 0.2) is 11.2 Å². The van der Waals surface area contributed by atoms with Crippen LogP contribution in [0.4, 0.5) is 5.95 Å². The molecule has 0 unspecified atom stereocenters. The first kappa shape index (κ1) is 26.3. The summed E-state index contributed by atoms with van der Waals surface area (Å²) in [5.41, 5.74) is -0.353. The van der Waals surface area contributed by atoms with E-state index >= 15 is 0 Å². The molecule has 2 atom stereocenters. The van der Waals surface area contributed by atoms with Crippen LogP contribution in [0, 0.1) is 5.92 Å². The summed E-state index contributed by atoms with van der Waals surface area (Å²) in [6.07, 6.45) is 3.48. The van der Waals surface area contributed by atoms with Crippen molar-refractivity contribution >= 4 is 17.1 Å². The van der Waals surface area contributed by atoms with E-state index < -0.39 is 17.4 Å². The lowest BCUT2D eigenvalue weighted by Gasteiger charge is -2.18. The third-order valence-corrected chi connectivity index (χ3v) is 6.34. The Morgan fingerprint density at radius 1 is 1.09 bits per heavy atom. The van der Waals surface area contributed by atoms with Crippen LogP contribution < -0.4 is 26.0 Å². The first-order valence-electron chi connectivity index (χ1n) is 12.2. The van der Waals surface area contributed by atoms with Gasteiger partial charge in [0.25, 0.3) is 5.56 Å². The fraction of sp³-hybridized carbons (Fsp3) is 0.560. The fourth-order valence-corrected chi connectivity index (χ4v) is 4.07. The number of imidazole rings is 1. The van der Waals surface area contributed by atoms with Crippen molar-refractivity contribution in [3.8, 4) is 11.5 Å². The van der Waals surface area contributed by atoms with Crippen molar-refractivity contribution in [3.05, 3.63) is 45.1 Å². The first-order chi connectivity index (χ1) is 16.8. The average Bonchev–Trinajstić information content (AvgIpc) is 3.23. The predicted octanol–water partition coefficient (Wildman–Crippen LogP) is 2.51.